The van der Waals surface area contributed by atoms with Crippen molar-refractivity contribution >= 4 is 9.84 Å². The van der Waals surface area contributed by atoms with Crippen LogP contribution in [0.3, 0.4) is 0 Å². The summed E-state index contributed by atoms with van der Waals surface area (Å²) in [5.41, 5.74) is 0.252. The van der Waals surface area contributed by atoms with Gasteiger partial charge in [-0.1, -0.05) is 33.1 Å². The van der Waals surface area contributed by atoms with Crippen molar-refractivity contribution in [3.05, 3.63) is 0 Å². The minimum absolute atomic E-state index is 0.252. The molecule has 0 amide bonds. The highest BCUT2D eigenvalue weighted by Crippen LogP contribution is 2.48. The van der Waals surface area contributed by atoms with Gasteiger partial charge in [-0.05, 0) is 55.9 Å². The van der Waals surface area contributed by atoms with E-state index in [1.54, 1.807) is 0 Å². The van der Waals surface area contributed by atoms with Crippen molar-refractivity contribution in [1.82, 2.24) is 5.32 Å². The molecular formula is C17H33NO2S. The van der Waals surface area contributed by atoms with Gasteiger partial charge in [0.1, 0.15) is 0 Å². The summed E-state index contributed by atoms with van der Waals surface area (Å²) in [5, 5.41) is 3.53. The third-order valence-electron chi connectivity index (χ3n) is 5.89. The second-order valence-electron chi connectivity index (χ2n) is 7.33. The molecular weight excluding hydrogens is 282 g/mol. The predicted octanol–water partition coefficient (Wildman–Crippen LogP) is 3.40. The summed E-state index contributed by atoms with van der Waals surface area (Å²) >= 11 is 0. The van der Waals surface area contributed by atoms with Crippen molar-refractivity contribution in [3.63, 3.8) is 0 Å². The zero-order valence-corrected chi connectivity index (χ0v) is 14.7. The fourth-order valence-electron chi connectivity index (χ4n) is 4.42. The zero-order valence-electron chi connectivity index (χ0n) is 13.9. The average molecular weight is 316 g/mol. The summed E-state index contributed by atoms with van der Waals surface area (Å²) in [6.45, 7) is 6.41. The van der Waals surface area contributed by atoms with Gasteiger partial charge in [0.2, 0.25) is 0 Å². The molecule has 2 fully saturated rings. The molecule has 0 bridgehead atoms. The van der Waals surface area contributed by atoms with Gasteiger partial charge in [-0.2, -0.15) is 0 Å². The van der Waals surface area contributed by atoms with E-state index in [1.807, 2.05) is 0 Å². The number of rotatable bonds is 7. The maximum absolute atomic E-state index is 11.9. The maximum atomic E-state index is 11.9. The number of nitrogens with one attached hydrogen (secondary N) is 1. The fourth-order valence-corrected chi connectivity index (χ4v) is 6.36. The smallest absolute Gasteiger partial charge is 0.150 e. The number of unbranched alkanes of at least 4 members (excludes halogenated alkanes) is 1. The Labute approximate surface area is 131 Å². The van der Waals surface area contributed by atoms with Gasteiger partial charge in [0.05, 0.1) is 11.5 Å². The van der Waals surface area contributed by atoms with Crippen LogP contribution < -0.4 is 5.32 Å². The highest BCUT2D eigenvalue weighted by atomic mass is 32.2. The second kappa shape index (κ2) is 7.45. The lowest BCUT2D eigenvalue weighted by Gasteiger charge is -2.44. The molecule has 124 valence electrons. The molecule has 0 spiro atoms. The van der Waals surface area contributed by atoms with Crippen molar-refractivity contribution < 1.29 is 8.42 Å². The van der Waals surface area contributed by atoms with E-state index in [4.69, 9.17) is 0 Å². The lowest BCUT2D eigenvalue weighted by molar-refractivity contribution is 0.0808. The minimum atomic E-state index is -2.76. The van der Waals surface area contributed by atoms with E-state index < -0.39 is 9.84 Å². The van der Waals surface area contributed by atoms with Crippen molar-refractivity contribution in [2.24, 2.45) is 17.3 Å². The summed E-state index contributed by atoms with van der Waals surface area (Å²) < 4.78 is 23.8. The Morgan fingerprint density at radius 3 is 2.38 bits per heavy atom. The van der Waals surface area contributed by atoms with Crippen LogP contribution in [0.2, 0.25) is 0 Å². The van der Waals surface area contributed by atoms with Crippen LogP contribution in [0.15, 0.2) is 0 Å². The predicted molar refractivity (Wildman–Crippen MR) is 89.2 cm³/mol. The Bertz CT molecular complexity index is 411. The van der Waals surface area contributed by atoms with Gasteiger partial charge >= 0.3 is 0 Å². The molecule has 1 aliphatic carbocycles. The van der Waals surface area contributed by atoms with Crippen molar-refractivity contribution in [2.75, 3.05) is 24.6 Å². The Balaban J connectivity index is 1.99. The molecule has 0 aromatic heterocycles. The fraction of sp³-hybridized carbons (Fsp3) is 1.00. The standard InChI is InChI=1S/C17H33NO2S/c1-3-5-6-15-7-10-17(11-8-15,14-18-4-2)16-9-12-21(19,20)13-16/h15-16,18H,3-14H2,1-2H3. The summed E-state index contributed by atoms with van der Waals surface area (Å²) in [7, 11) is -2.76. The lowest BCUT2D eigenvalue weighted by atomic mass is 9.62. The molecule has 1 aliphatic heterocycles. The summed E-state index contributed by atoms with van der Waals surface area (Å²) in [6.07, 6.45) is 9.99. The van der Waals surface area contributed by atoms with Crippen LogP contribution in [-0.2, 0) is 9.84 Å². The van der Waals surface area contributed by atoms with Crippen molar-refractivity contribution in [1.29, 1.82) is 0 Å². The SMILES string of the molecule is CCCCC1CCC(CNCC)(C2CCS(=O)(=O)C2)CC1. The summed E-state index contributed by atoms with van der Waals surface area (Å²) in [4.78, 5) is 0. The van der Waals surface area contributed by atoms with Crippen molar-refractivity contribution in [2.45, 2.75) is 65.2 Å². The van der Waals surface area contributed by atoms with Gasteiger partial charge < -0.3 is 5.32 Å². The van der Waals surface area contributed by atoms with Crippen LogP contribution in [0.5, 0.6) is 0 Å². The van der Waals surface area contributed by atoms with E-state index >= 15 is 0 Å². The maximum Gasteiger partial charge on any atom is 0.150 e. The van der Waals surface area contributed by atoms with E-state index in [0.29, 0.717) is 17.4 Å². The Kier molecular flexibility index (Phi) is 6.13. The molecule has 2 aliphatic rings. The first-order chi connectivity index (χ1) is 10.0. The molecule has 1 N–H and O–H groups in total. The average Bonchev–Trinajstić information content (AvgIpc) is 2.85. The number of hydrogen-bond donors (Lipinski definition) is 1. The molecule has 1 saturated heterocycles. The normalized spacial score (nSPS) is 35.9. The number of sulfone groups is 1. The second-order valence-corrected chi connectivity index (χ2v) is 9.56. The van der Waals surface area contributed by atoms with Crippen molar-refractivity contribution in [3.8, 4) is 0 Å². The molecule has 2 rings (SSSR count). The van der Waals surface area contributed by atoms with Gasteiger partial charge in [0.25, 0.3) is 0 Å². The van der Waals surface area contributed by atoms with Gasteiger partial charge in [-0.25, -0.2) is 8.42 Å². The Morgan fingerprint density at radius 1 is 1.14 bits per heavy atom. The summed E-state index contributed by atoms with van der Waals surface area (Å²) in [5.74, 6) is 2.15. The van der Waals surface area contributed by atoms with E-state index in [1.165, 1.54) is 44.9 Å². The molecule has 1 saturated carbocycles. The van der Waals surface area contributed by atoms with E-state index in [9.17, 15) is 8.42 Å². The zero-order chi connectivity index (χ0) is 15.3. The van der Waals surface area contributed by atoms with Crippen LogP contribution in [-0.4, -0.2) is 33.0 Å². The van der Waals surface area contributed by atoms with Gasteiger partial charge in [-0.3, -0.25) is 0 Å². The van der Waals surface area contributed by atoms with Gasteiger partial charge in [0.15, 0.2) is 9.84 Å². The first kappa shape index (κ1) is 17.3. The Hall–Kier alpha value is -0.0900. The molecule has 0 aromatic carbocycles. The number of hydrogen-bond acceptors (Lipinski definition) is 3. The molecule has 0 radical (unpaired) electrons. The molecule has 1 unspecified atom stereocenters. The monoisotopic (exact) mass is 315 g/mol. The third-order valence-corrected chi connectivity index (χ3v) is 7.66. The molecule has 1 atom stereocenters. The lowest BCUT2D eigenvalue weighted by Crippen LogP contribution is -2.43. The van der Waals surface area contributed by atoms with E-state index in [2.05, 4.69) is 19.2 Å². The molecule has 3 nitrogen and oxygen atoms in total. The quantitative estimate of drug-likeness (QED) is 0.783. The van der Waals surface area contributed by atoms with Crippen LogP contribution in [0.1, 0.15) is 65.2 Å². The van der Waals surface area contributed by atoms with E-state index in [-0.39, 0.29) is 5.41 Å². The first-order valence-electron chi connectivity index (χ1n) is 8.92. The van der Waals surface area contributed by atoms with Gasteiger partial charge in [-0.15, -0.1) is 0 Å². The van der Waals surface area contributed by atoms with Crippen LogP contribution >= 0.6 is 0 Å². The topological polar surface area (TPSA) is 46.2 Å². The highest BCUT2D eigenvalue weighted by Gasteiger charge is 2.45. The van der Waals surface area contributed by atoms with Crippen LogP contribution in [0.4, 0.5) is 0 Å². The highest BCUT2D eigenvalue weighted by molar-refractivity contribution is 7.91. The Morgan fingerprint density at radius 2 is 1.86 bits per heavy atom. The minimum Gasteiger partial charge on any atom is -0.316 e. The molecule has 4 heteroatoms. The molecule has 1 heterocycles. The molecule has 0 aromatic rings. The van der Waals surface area contributed by atoms with E-state index in [0.717, 1.165) is 25.4 Å². The first-order valence-corrected chi connectivity index (χ1v) is 10.7. The van der Waals surface area contributed by atoms with Gasteiger partial charge in [0, 0.05) is 6.54 Å². The largest absolute Gasteiger partial charge is 0.316 e. The summed E-state index contributed by atoms with van der Waals surface area (Å²) in [6, 6.07) is 0. The van der Waals surface area contributed by atoms with Crippen LogP contribution in [0, 0.1) is 17.3 Å². The third kappa shape index (κ3) is 4.44. The van der Waals surface area contributed by atoms with Crippen LogP contribution in [0.25, 0.3) is 0 Å². The molecule has 21 heavy (non-hydrogen) atoms.